The van der Waals surface area contributed by atoms with Gasteiger partial charge in [-0.25, -0.2) is 0 Å². The number of allylic oxidation sites excluding steroid dienone is 1. The predicted molar refractivity (Wildman–Crippen MR) is 97.1 cm³/mol. The summed E-state index contributed by atoms with van der Waals surface area (Å²) in [7, 11) is 3.61. The van der Waals surface area contributed by atoms with E-state index in [0.717, 1.165) is 37.2 Å². The molecule has 4 aliphatic carbocycles. The number of hydrogen-bond acceptors (Lipinski definition) is 3. The van der Waals surface area contributed by atoms with Gasteiger partial charge >= 0.3 is 0 Å². The summed E-state index contributed by atoms with van der Waals surface area (Å²) in [6, 6.07) is 0. The van der Waals surface area contributed by atoms with E-state index in [1.807, 2.05) is 0 Å². The van der Waals surface area contributed by atoms with E-state index < -0.39 is 0 Å². The van der Waals surface area contributed by atoms with E-state index in [4.69, 9.17) is 14.2 Å². The SMILES string of the molecule is COC1(OC)CC[C@@]2(C)C(=CC[C@@H]3[C@H]4CC[C@@]5(CO5)[C@@]4(C)CC[C@@H]32)C1. The molecule has 25 heavy (non-hydrogen) atoms. The van der Waals surface area contributed by atoms with Crippen LogP contribution in [-0.2, 0) is 14.2 Å². The molecular formula is C22H34O3. The molecule has 1 spiro atoms. The molecule has 0 aromatic rings. The summed E-state index contributed by atoms with van der Waals surface area (Å²) in [4.78, 5) is 0. The maximum absolute atomic E-state index is 6.05. The molecular weight excluding hydrogens is 312 g/mol. The van der Waals surface area contributed by atoms with Crippen LogP contribution in [0.25, 0.3) is 0 Å². The van der Waals surface area contributed by atoms with Gasteiger partial charge in [0, 0.05) is 32.5 Å². The lowest BCUT2D eigenvalue weighted by molar-refractivity contribution is -0.227. The van der Waals surface area contributed by atoms with Gasteiger partial charge < -0.3 is 14.2 Å². The van der Waals surface area contributed by atoms with Gasteiger partial charge in [-0.3, -0.25) is 0 Å². The highest BCUT2D eigenvalue weighted by Gasteiger charge is 2.69. The van der Waals surface area contributed by atoms with Gasteiger partial charge in [0.15, 0.2) is 5.79 Å². The number of hydrogen-bond donors (Lipinski definition) is 0. The number of methoxy groups -OCH3 is 2. The second kappa shape index (κ2) is 5.11. The first-order chi connectivity index (χ1) is 11.9. The minimum Gasteiger partial charge on any atom is -0.369 e. The normalized spacial score (nSPS) is 53.0. The van der Waals surface area contributed by atoms with Crippen molar-refractivity contribution in [2.45, 2.75) is 76.6 Å². The zero-order valence-corrected chi connectivity index (χ0v) is 16.4. The highest BCUT2D eigenvalue weighted by atomic mass is 16.7. The van der Waals surface area contributed by atoms with Crippen LogP contribution >= 0.6 is 0 Å². The maximum atomic E-state index is 6.05. The van der Waals surface area contributed by atoms with Crippen LogP contribution in [0.2, 0.25) is 0 Å². The molecule has 0 radical (unpaired) electrons. The molecule has 0 unspecified atom stereocenters. The Balaban J connectivity index is 1.47. The largest absolute Gasteiger partial charge is 0.369 e. The lowest BCUT2D eigenvalue weighted by Gasteiger charge is -2.59. The zero-order valence-electron chi connectivity index (χ0n) is 16.4. The van der Waals surface area contributed by atoms with E-state index in [-0.39, 0.29) is 11.4 Å². The Labute approximate surface area is 152 Å². The van der Waals surface area contributed by atoms with Crippen LogP contribution in [0.1, 0.15) is 65.2 Å². The first kappa shape index (κ1) is 16.8. The fraction of sp³-hybridized carbons (Fsp3) is 0.909. The van der Waals surface area contributed by atoms with E-state index in [9.17, 15) is 0 Å². The zero-order chi connectivity index (χ0) is 17.5. The smallest absolute Gasteiger partial charge is 0.171 e. The van der Waals surface area contributed by atoms with Crippen molar-refractivity contribution in [3.05, 3.63) is 11.6 Å². The van der Waals surface area contributed by atoms with Gasteiger partial charge in [0.25, 0.3) is 0 Å². The van der Waals surface area contributed by atoms with Gasteiger partial charge in [0.1, 0.15) is 0 Å². The van der Waals surface area contributed by atoms with Crippen molar-refractivity contribution < 1.29 is 14.2 Å². The summed E-state index contributed by atoms with van der Waals surface area (Å²) >= 11 is 0. The van der Waals surface area contributed by atoms with Gasteiger partial charge in [0.2, 0.25) is 0 Å². The molecule has 140 valence electrons. The van der Waals surface area contributed by atoms with Gasteiger partial charge in [-0.1, -0.05) is 25.5 Å². The van der Waals surface area contributed by atoms with Gasteiger partial charge in [-0.2, -0.15) is 0 Å². The highest BCUT2D eigenvalue weighted by molar-refractivity contribution is 5.28. The fourth-order valence-electron chi connectivity index (χ4n) is 7.69. The summed E-state index contributed by atoms with van der Waals surface area (Å²) in [5.74, 6) is 2.17. The Morgan fingerprint density at radius 1 is 1.00 bits per heavy atom. The van der Waals surface area contributed by atoms with Crippen LogP contribution in [0.5, 0.6) is 0 Å². The molecule has 0 amide bonds. The van der Waals surface area contributed by atoms with Crippen molar-refractivity contribution in [2.75, 3.05) is 20.8 Å². The molecule has 5 rings (SSSR count). The molecule has 3 heteroatoms. The Kier molecular flexibility index (Phi) is 3.43. The third-order valence-electron chi connectivity index (χ3n) is 9.64. The standard InChI is InChI=1S/C22H34O3/c1-19-11-12-22(23-3,24-4)13-15(19)5-6-16-17(19)7-9-20(2)18(16)8-10-21(20)14-25-21/h5,16-18H,6-14H2,1-4H3/t16-,17-,18+,19-,20-,21+/m0/s1. The molecule has 0 aromatic heterocycles. The molecule has 0 N–H and O–H groups in total. The third kappa shape index (κ3) is 1.98. The molecule has 0 aromatic carbocycles. The van der Waals surface area contributed by atoms with Gasteiger partial charge in [-0.05, 0) is 61.7 Å². The second-order valence-electron chi connectivity index (χ2n) is 10.0. The van der Waals surface area contributed by atoms with Gasteiger partial charge in [-0.15, -0.1) is 0 Å². The summed E-state index contributed by atoms with van der Waals surface area (Å²) in [6.45, 7) is 6.13. The minimum absolute atomic E-state index is 0.265. The topological polar surface area (TPSA) is 31.0 Å². The summed E-state index contributed by atoms with van der Waals surface area (Å²) in [5.41, 5.74) is 2.67. The maximum Gasteiger partial charge on any atom is 0.171 e. The Morgan fingerprint density at radius 2 is 1.72 bits per heavy atom. The highest BCUT2D eigenvalue weighted by Crippen LogP contribution is 2.70. The van der Waals surface area contributed by atoms with Crippen molar-refractivity contribution in [1.82, 2.24) is 0 Å². The number of rotatable bonds is 2. The quantitative estimate of drug-likeness (QED) is 0.412. The Bertz CT molecular complexity index is 602. The van der Waals surface area contributed by atoms with Crippen molar-refractivity contribution in [3.8, 4) is 0 Å². The Hall–Kier alpha value is -0.380. The first-order valence-electron chi connectivity index (χ1n) is 10.4. The van der Waals surface area contributed by atoms with Crippen LogP contribution in [0.4, 0.5) is 0 Å². The fourth-order valence-corrected chi connectivity index (χ4v) is 7.69. The lowest BCUT2D eigenvalue weighted by atomic mass is 9.47. The molecule has 5 aliphatic rings. The first-order valence-corrected chi connectivity index (χ1v) is 10.4. The van der Waals surface area contributed by atoms with Crippen molar-refractivity contribution in [2.24, 2.45) is 28.6 Å². The lowest BCUT2D eigenvalue weighted by Crippen LogP contribution is -2.53. The molecule has 0 bridgehead atoms. The Morgan fingerprint density at radius 3 is 2.40 bits per heavy atom. The third-order valence-corrected chi connectivity index (χ3v) is 9.64. The molecule has 1 heterocycles. The van der Waals surface area contributed by atoms with E-state index >= 15 is 0 Å². The van der Waals surface area contributed by atoms with Crippen LogP contribution in [0.3, 0.4) is 0 Å². The van der Waals surface area contributed by atoms with Crippen LogP contribution < -0.4 is 0 Å². The van der Waals surface area contributed by atoms with Gasteiger partial charge in [0.05, 0.1) is 12.2 Å². The van der Waals surface area contributed by atoms with Crippen LogP contribution in [0, 0.1) is 28.6 Å². The molecule has 1 aliphatic heterocycles. The van der Waals surface area contributed by atoms with Crippen molar-refractivity contribution >= 4 is 0 Å². The monoisotopic (exact) mass is 346 g/mol. The summed E-state index contributed by atoms with van der Waals surface area (Å²) in [5, 5.41) is 0. The predicted octanol–water partition coefficient (Wildman–Crippen LogP) is 4.71. The summed E-state index contributed by atoms with van der Waals surface area (Å²) in [6.07, 6.45) is 12.4. The van der Waals surface area contributed by atoms with Crippen LogP contribution in [0.15, 0.2) is 11.6 Å². The number of ether oxygens (including phenoxy) is 3. The molecule has 4 fully saturated rings. The molecule has 1 saturated heterocycles. The number of fused-ring (bicyclic) bond motifs is 6. The summed E-state index contributed by atoms with van der Waals surface area (Å²) < 4.78 is 17.6. The van der Waals surface area contributed by atoms with Crippen molar-refractivity contribution in [1.29, 1.82) is 0 Å². The van der Waals surface area contributed by atoms with E-state index in [1.54, 1.807) is 19.8 Å². The van der Waals surface area contributed by atoms with E-state index in [0.29, 0.717) is 10.8 Å². The number of epoxide rings is 1. The second-order valence-corrected chi connectivity index (χ2v) is 10.0. The van der Waals surface area contributed by atoms with E-state index in [1.165, 1.54) is 38.5 Å². The van der Waals surface area contributed by atoms with Crippen LogP contribution in [-0.4, -0.2) is 32.2 Å². The molecule has 3 nitrogen and oxygen atoms in total. The minimum atomic E-state index is -0.388. The molecule has 6 atom stereocenters. The average Bonchev–Trinajstić information content (AvgIpc) is 3.35. The molecule has 3 saturated carbocycles. The van der Waals surface area contributed by atoms with E-state index in [2.05, 4.69) is 19.9 Å². The average molecular weight is 347 g/mol. The van der Waals surface area contributed by atoms with Crippen molar-refractivity contribution in [3.63, 3.8) is 0 Å².